The smallest absolute Gasteiger partial charge is 0.387 e. The molecule has 29 heavy (non-hydrogen) atoms. The van der Waals surface area contributed by atoms with Crippen molar-refractivity contribution in [3.8, 4) is 11.5 Å². The van der Waals surface area contributed by atoms with Crippen molar-refractivity contribution in [2.45, 2.75) is 26.5 Å². The Morgan fingerprint density at radius 1 is 1.14 bits per heavy atom. The third-order valence-corrected chi connectivity index (χ3v) is 4.52. The van der Waals surface area contributed by atoms with Gasteiger partial charge in [-0.05, 0) is 53.6 Å². The second-order valence-electron chi connectivity index (χ2n) is 6.48. The zero-order valence-electron chi connectivity index (χ0n) is 15.8. The van der Waals surface area contributed by atoms with Crippen LogP contribution in [0.2, 0.25) is 0 Å². The molecular weight excluding hydrogens is 380 g/mol. The van der Waals surface area contributed by atoms with Crippen LogP contribution in [0.3, 0.4) is 0 Å². The number of allylic oxidation sites excluding steroid dienone is 1. The fourth-order valence-electron chi connectivity index (χ4n) is 3.16. The van der Waals surface area contributed by atoms with Crippen LogP contribution < -0.4 is 14.8 Å². The Labute approximate surface area is 165 Å². The van der Waals surface area contributed by atoms with E-state index in [1.54, 1.807) is 23.7 Å². The molecule has 0 aliphatic carbocycles. The number of aromatic nitrogens is 4. The molecule has 2 aromatic carbocycles. The Balaban J connectivity index is 1.76. The van der Waals surface area contributed by atoms with Crippen LogP contribution in [0.5, 0.6) is 11.5 Å². The van der Waals surface area contributed by atoms with Crippen molar-refractivity contribution in [2.75, 3.05) is 11.9 Å². The van der Waals surface area contributed by atoms with E-state index >= 15 is 0 Å². The van der Waals surface area contributed by atoms with Gasteiger partial charge in [-0.15, -0.1) is 0 Å². The maximum atomic E-state index is 12.7. The van der Waals surface area contributed by atoms with Gasteiger partial charge in [-0.3, -0.25) is 0 Å². The summed E-state index contributed by atoms with van der Waals surface area (Å²) in [5, 5.41) is 15.1. The van der Waals surface area contributed by atoms with Gasteiger partial charge in [0.2, 0.25) is 5.95 Å². The lowest BCUT2D eigenvalue weighted by Gasteiger charge is -2.24. The van der Waals surface area contributed by atoms with E-state index in [1.807, 2.05) is 37.3 Å². The highest BCUT2D eigenvalue weighted by molar-refractivity contribution is 5.77. The minimum atomic E-state index is -2.93. The van der Waals surface area contributed by atoms with E-state index < -0.39 is 6.61 Å². The van der Waals surface area contributed by atoms with Crippen LogP contribution in [-0.2, 0) is 0 Å². The molecule has 0 fully saturated rings. The van der Waals surface area contributed by atoms with Crippen molar-refractivity contribution < 1.29 is 18.3 Å². The van der Waals surface area contributed by atoms with E-state index in [4.69, 9.17) is 4.74 Å². The maximum Gasteiger partial charge on any atom is 0.387 e. The first kappa shape index (κ1) is 18.9. The highest BCUT2D eigenvalue weighted by Crippen LogP contribution is 2.36. The summed E-state index contributed by atoms with van der Waals surface area (Å²) < 4.78 is 37.1. The van der Waals surface area contributed by atoms with Gasteiger partial charge in [0.15, 0.2) is 11.5 Å². The van der Waals surface area contributed by atoms with Crippen molar-refractivity contribution >= 4 is 11.6 Å². The summed E-state index contributed by atoms with van der Waals surface area (Å²) in [5.41, 5.74) is 3.76. The lowest BCUT2D eigenvalue weighted by atomic mass is 10.0. The molecule has 1 aliphatic heterocycles. The van der Waals surface area contributed by atoms with Crippen molar-refractivity contribution in [3.05, 3.63) is 65.2 Å². The molecule has 0 amide bonds. The molecule has 4 rings (SSSR count). The van der Waals surface area contributed by atoms with E-state index in [1.165, 1.54) is 6.07 Å². The average Bonchev–Trinajstić information content (AvgIpc) is 3.18. The first-order chi connectivity index (χ1) is 14.0. The molecule has 0 saturated carbocycles. The topological polar surface area (TPSA) is 74.1 Å². The summed E-state index contributed by atoms with van der Waals surface area (Å²) in [6.07, 6.45) is 1.98. The second-order valence-corrected chi connectivity index (χ2v) is 6.48. The first-order valence-corrected chi connectivity index (χ1v) is 9.10. The second kappa shape index (κ2) is 7.86. The SMILES string of the molecule is CCOc1cc(C2C=C(c3ccc(C)cc3)Nc3nnnn32)ccc1OC(F)F. The number of hydrogen-bond donors (Lipinski definition) is 1. The van der Waals surface area contributed by atoms with Gasteiger partial charge in [-0.2, -0.15) is 13.5 Å². The molecule has 3 aromatic rings. The van der Waals surface area contributed by atoms with E-state index in [0.29, 0.717) is 12.6 Å². The highest BCUT2D eigenvalue weighted by atomic mass is 19.3. The van der Waals surface area contributed by atoms with Crippen molar-refractivity contribution in [2.24, 2.45) is 0 Å². The fourth-order valence-corrected chi connectivity index (χ4v) is 3.16. The molecule has 0 radical (unpaired) electrons. The van der Waals surface area contributed by atoms with E-state index in [-0.39, 0.29) is 17.5 Å². The monoisotopic (exact) mass is 399 g/mol. The van der Waals surface area contributed by atoms with Crippen LogP contribution in [0, 0.1) is 6.92 Å². The predicted octanol–water partition coefficient (Wildman–Crippen LogP) is 4.04. The van der Waals surface area contributed by atoms with Crippen molar-refractivity contribution in [1.82, 2.24) is 20.2 Å². The minimum Gasteiger partial charge on any atom is -0.490 e. The number of rotatable bonds is 6. The molecule has 0 spiro atoms. The fraction of sp³-hybridized carbons (Fsp3) is 0.250. The molecule has 1 unspecified atom stereocenters. The summed E-state index contributed by atoms with van der Waals surface area (Å²) in [6.45, 7) is 1.18. The van der Waals surface area contributed by atoms with Gasteiger partial charge in [0.05, 0.1) is 6.61 Å². The van der Waals surface area contributed by atoms with Gasteiger partial charge in [0.1, 0.15) is 6.04 Å². The lowest BCUT2D eigenvalue weighted by molar-refractivity contribution is -0.0514. The number of aryl methyl sites for hydroxylation is 1. The Hall–Kier alpha value is -3.49. The molecule has 0 saturated heterocycles. The quantitative estimate of drug-likeness (QED) is 0.674. The van der Waals surface area contributed by atoms with Crippen LogP contribution in [0.25, 0.3) is 5.70 Å². The molecule has 1 atom stereocenters. The van der Waals surface area contributed by atoms with Gasteiger partial charge in [-0.1, -0.05) is 41.0 Å². The van der Waals surface area contributed by atoms with E-state index in [2.05, 4.69) is 25.6 Å². The molecule has 1 aromatic heterocycles. The lowest BCUT2D eigenvalue weighted by Crippen LogP contribution is -2.20. The molecule has 2 heterocycles. The molecule has 1 N–H and O–H groups in total. The van der Waals surface area contributed by atoms with Crippen LogP contribution in [0.15, 0.2) is 48.5 Å². The molecular formula is C20H19F2N5O2. The Morgan fingerprint density at radius 3 is 2.66 bits per heavy atom. The van der Waals surface area contributed by atoms with Gasteiger partial charge >= 0.3 is 6.61 Å². The Morgan fingerprint density at radius 2 is 1.93 bits per heavy atom. The number of benzene rings is 2. The molecule has 1 aliphatic rings. The number of fused-ring (bicyclic) bond motifs is 1. The van der Waals surface area contributed by atoms with Gasteiger partial charge in [-0.25, -0.2) is 0 Å². The zero-order valence-corrected chi connectivity index (χ0v) is 15.8. The average molecular weight is 399 g/mol. The predicted molar refractivity (Wildman–Crippen MR) is 103 cm³/mol. The minimum absolute atomic E-state index is 0.0146. The highest BCUT2D eigenvalue weighted by Gasteiger charge is 2.25. The summed E-state index contributed by atoms with van der Waals surface area (Å²) in [4.78, 5) is 0. The number of halogens is 2. The summed E-state index contributed by atoms with van der Waals surface area (Å²) in [7, 11) is 0. The number of anilines is 1. The first-order valence-electron chi connectivity index (χ1n) is 9.10. The summed E-state index contributed by atoms with van der Waals surface area (Å²) >= 11 is 0. The van der Waals surface area contributed by atoms with Gasteiger partial charge in [0.25, 0.3) is 0 Å². The van der Waals surface area contributed by atoms with E-state index in [0.717, 1.165) is 22.4 Å². The molecule has 7 nitrogen and oxygen atoms in total. The number of nitrogens with zero attached hydrogens (tertiary/aromatic N) is 4. The Kier molecular flexibility index (Phi) is 5.11. The summed E-state index contributed by atoms with van der Waals surface area (Å²) in [5.74, 6) is 0.710. The van der Waals surface area contributed by atoms with Crippen LogP contribution in [0.1, 0.15) is 29.7 Å². The number of hydrogen-bond acceptors (Lipinski definition) is 6. The normalized spacial score (nSPS) is 15.5. The number of alkyl halides is 2. The number of tetrazole rings is 1. The zero-order chi connectivity index (χ0) is 20.4. The largest absolute Gasteiger partial charge is 0.490 e. The number of ether oxygens (including phenoxy) is 2. The molecule has 9 heteroatoms. The molecule has 0 bridgehead atoms. The van der Waals surface area contributed by atoms with Gasteiger partial charge in [0, 0.05) is 5.70 Å². The van der Waals surface area contributed by atoms with Crippen LogP contribution in [-0.4, -0.2) is 33.4 Å². The third kappa shape index (κ3) is 3.89. The molecule has 150 valence electrons. The Bertz CT molecular complexity index is 1030. The van der Waals surface area contributed by atoms with Crippen molar-refractivity contribution in [3.63, 3.8) is 0 Å². The van der Waals surface area contributed by atoms with Crippen LogP contribution >= 0.6 is 0 Å². The third-order valence-electron chi connectivity index (χ3n) is 4.52. The van der Waals surface area contributed by atoms with Gasteiger partial charge < -0.3 is 14.8 Å². The maximum absolute atomic E-state index is 12.7. The van der Waals surface area contributed by atoms with Crippen LogP contribution in [0.4, 0.5) is 14.7 Å². The number of nitrogens with one attached hydrogen (secondary N) is 1. The van der Waals surface area contributed by atoms with E-state index in [9.17, 15) is 8.78 Å². The van der Waals surface area contributed by atoms with Crippen molar-refractivity contribution in [1.29, 1.82) is 0 Å². The standard InChI is InChI=1S/C20H19F2N5O2/c1-3-28-18-10-14(8-9-17(18)29-19(21)22)16-11-15(13-6-4-12(2)5-7-13)23-20-24-25-26-27(16)20/h4-11,16,19H,3H2,1-2H3,(H,23,24,26). The summed E-state index contributed by atoms with van der Waals surface area (Å²) in [6, 6.07) is 12.6.